The second-order valence-corrected chi connectivity index (χ2v) is 7.50. The lowest BCUT2D eigenvalue weighted by Gasteiger charge is -2.34. The van der Waals surface area contributed by atoms with E-state index in [4.69, 9.17) is 0 Å². The molecule has 7 heteroatoms. The average molecular weight is 409 g/mol. The summed E-state index contributed by atoms with van der Waals surface area (Å²) in [7, 11) is 0. The summed E-state index contributed by atoms with van der Waals surface area (Å²) >= 11 is 0. The zero-order valence-corrected chi connectivity index (χ0v) is 17.8. The third-order valence-corrected chi connectivity index (χ3v) is 5.49. The molecule has 0 radical (unpaired) electrons. The molecule has 1 amide bonds. The molecule has 0 aromatic heterocycles. The van der Waals surface area contributed by atoms with E-state index in [9.17, 15) is 13.6 Å². The molecule has 1 aliphatic heterocycles. The molecule has 1 aliphatic rings. The highest BCUT2D eigenvalue weighted by molar-refractivity contribution is 5.80. The molecule has 0 bridgehead atoms. The third kappa shape index (κ3) is 6.98. The average Bonchev–Trinajstić information content (AvgIpc) is 2.72. The van der Waals surface area contributed by atoms with Crippen LogP contribution in [0.15, 0.2) is 23.2 Å². The molecular formula is C22H34F2N4O. The van der Waals surface area contributed by atoms with E-state index >= 15 is 0 Å². The molecule has 1 heterocycles. The maximum atomic E-state index is 13.7. The van der Waals surface area contributed by atoms with Crippen molar-refractivity contribution in [3.05, 3.63) is 35.4 Å². The number of benzene rings is 1. The van der Waals surface area contributed by atoms with Gasteiger partial charge in [-0.25, -0.2) is 8.78 Å². The van der Waals surface area contributed by atoms with Crippen molar-refractivity contribution >= 4 is 11.9 Å². The molecule has 1 aromatic carbocycles. The van der Waals surface area contributed by atoms with E-state index in [1.165, 1.54) is 6.07 Å². The van der Waals surface area contributed by atoms with E-state index in [1.807, 2.05) is 11.8 Å². The first-order valence-corrected chi connectivity index (χ1v) is 10.8. The minimum atomic E-state index is -0.440. The van der Waals surface area contributed by atoms with Crippen molar-refractivity contribution in [1.82, 2.24) is 15.5 Å². The maximum absolute atomic E-state index is 13.7. The fourth-order valence-electron chi connectivity index (χ4n) is 3.68. The molecule has 0 unspecified atom stereocenters. The molecule has 2 N–H and O–H groups in total. The summed E-state index contributed by atoms with van der Waals surface area (Å²) in [6, 6.07) is 3.73. The van der Waals surface area contributed by atoms with E-state index in [-0.39, 0.29) is 17.9 Å². The Balaban J connectivity index is 1.86. The smallest absolute Gasteiger partial charge is 0.225 e. The Morgan fingerprint density at radius 3 is 2.52 bits per heavy atom. The third-order valence-electron chi connectivity index (χ3n) is 5.49. The quantitative estimate of drug-likeness (QED) is 0.511. The highest BCUT2D eigenvalue weighted by Crippen LogP contribution is 2.17. The summed E-state index contributed by atoms with van der Waals surface area (Å²) in [6.07, 6.45) is 3.85. The van der Waals surface area contributed by atoms with E-state index in [1.54, 1.807) is 0 Å². The lowest BCUT2D eigenvalue weighted by atomic mass is 9.98. The van der Waals surface area contributed by atoms with Crippen molar-refractivity contribution < 1.29 is 13.6 Å². The second kappa shape index (κ2) is 11.7. The van der Waals surface area contributed by atoms with Gasteiger partial charge in [0, 0.05) is 38.1 Å². The number of nitrogens with zero attached hydrogens (tertiary/aromatic N) is 2. The van der Waals surface area contributed by atoms with Crippen molar-refractivity contribution in [3.8, 4) is 0 Å². The van der Waals surface area contributed by atoms with Gasteiger partial charge in [0.15, 0.2) is 5.96 Å². The van der Waals surface area contributed by atoms with Gasteiger partial charge in [0.05, 0.1) is 0 Å². The first-order valence-electron chi connectivity index (χ1n) is 10.8. The van der Waals surface area contributed by atoms with Gasteiger partial charge in [-0.15, -0.1) is 0 Å². The van der Waals surface area contributed by atoms with Gasteiger partial charge in [0.1, 0.15) is 11.6 Å². The van der Waals surface area contributed by atoms with Crippen LogP contribution in [0.25, 0.3) is 0 Å². The SMILES string of the molecule is CCNC(=NCCc1cc(F)ccc1F)NC1CCN(C(=O)C(CC)CC)CC1. The minimum Gasteiger partial charge on any atom is -0.357 e. The summed E-state index contributed by atoms with van der Waals surface area (Å²) in [4.78, 5) is 19.0. The highest BCUT2D eigenvalue weighted by atomic mass is 19.1. The fourth-order valence-corrected chi connectivity index (χ4v) is 3.68. The maximum Gasteiger partial charge on any atom is 0.225 e. The Morgan fingerprint density at radius 2 is 1.90 bits per heavy atom. The van der Waals surface area contributed by atoms with E-state index in [2.05, 4.69) is 29.5 Å². The number of nitrogens with one attached hydrogen (secondary N) is 2. The number of guanidine groups is 1. The normalized spacial score (nSPS) is 15.7. The van der Waals surface area contributed by atoms with Crippen molar-refractivity contribution in [3.63, 3.8) is 0 Å². The van der Waals surface area contributed by atoms with Gasteiger partial charge in [0.25, 0.3) is 0 Å². The van der Waals surface area contributed by atoms with Crippen LogP contribution in [-0.4, -0.2) is 49.0 Å². The van der Waals surface area contributed by atoms with Crippen LogP contribution in [0.2, 0.25) is 0 Å². The van der Waals surface area contributed by atoms with Crippen molar-refractivity contribution in [2.75, 3.05) is 26.2 Å². The molecule has 1 fully saturated rings. The number of carbonyl (C=O) groups excluding carboxylic acids is 1. The Hall–Kier alpha value is -2.18. The number of rotatable bonds is 8. The number of hydrogen-bond acceptors (Lipinski definition) is 2. The molecule has 29 heavy (non-hydrogen) atoms. The molecule has 5 nitrogen and oxygen atoms in total. The summed E-state index contributed by atoms with van der Waals surface area (Å²) < 4.78 is 27.0. The summed E-state index contributed by atoms with van der Waals surface area (Å²) in [5, 5.41) is 6.62. The zero-order valence-electron chi connectivity index (χ0n) is 17.8. The first kappa shape index (κ1) is 23.1. The van der Waals surface area contributed by atoms with Gasteiger partial charge in [-0.1, -0.05) is 13.8 Å². The number of halogens is 2. The van der Waals surface area contributed by atoms with Crippen LogP contribution in [0.4, 0.5) is 8.78 Å². The van der Waals surface area contributed by atoms with Crippen molar-refractivity contribution in [2.45, 2.75) is 58.9 Å². The Bertz CT molecular complexity index is 683. The predicted octanol–water partition coefficient (Wildman–Crippen LogP) is 3.49. The molecule has 0 spiro atoms. The van der Waals surface area contributed by atoms with E-state index in [0.717, 1.165) is 50.9 Å². The standard InChI is InChI=1S/C22H34F2N4O/c1-4-16(5-2)21(29)28-13-10-19(11-14-28)27-22(25-6-3)26-12-9-17-15-18(23)7-8-20(17)24/h7-8,15-16,19H,4-6,9-14H2,1-3H3,(H2,25,26,27). The molecule has 1 aromatic rings. The summed E-state index contributed by atoms with van der Waals surface area (Å²) in [5.74, 6) is 0.223. The van der Waals surface area contributed by atoms with Crippen LogP contribution >= 0.6 is 0 Å². The van der Waals surface area contributed by atoms with Gasteiger partial charge in [0.2, 0.25) is 5.91 Å². The molecule has 162 valence electrons. The second-order valence-electron chi connectivity index (χ2n) is 7.50. The number of likely N-dealkylation sites (tertiary alicyclic amines) is 1. The summed E-state index contributed by atoms with van der Waals surface area (Å²) in [6.45, 7) is 8.69. The van der Waals surface area contributed by atoms with Crippen molar-refractivity contribution in [2.24, 2.45) is 10.9 Å². The molecular weight excluding hydrogens is 374 g/mol. The zero-order chi connectivity index (χ0) is 21.2. The largest absolute Gasteiger partial charge is 0.357 e. The molecule has 0 saturated carbocycles. The van der Waals surface area contributed by atoms with Gasteiger partial charge < -0.3 is 15.5 Å². The molecule has 2 rings (SSSR count). The van der Waals surface area contributed by atoms with Crippen LogP contribution < -0.4 is 10.6 Å². The lowest BCUT2D eigenvalue weighted by molar-refractivity contribution is -0.136. The molecule has 1 saturated heterocycles. The van der Waals surface area contributed by atoms with Gasteiger partial charge >= 0.3 is 0 Å². The number of amides is 1. The van der Waals surface area contributed by atoms with Crippen molar-refractivity contribution in [1.29, 1.82) is 0 Å². The van der Waals surface area contributed by atoms with Crippen LogP contribution in [0, 0.1) is 17.6 Å². The topological polar surface area (TPSA) is 56.7 Å². The summed E-state index contributed by atoms with van der Waals surface area (Å²) in [5.41, 5.74) is 0.331. The fraction of sp³-hybridized carbons (Fsp3) is 0.636. The minimum absolute atomic E-state index is 0.126. The van der Waals surface area contributed by atoms with Crippen LogP contribution in [0.5, 0.6) is 0 Å². The number of aliphatic imine (C=N–C) groups is 1. The van der Waals surface area contributed by atoms with E-state index < -0.39 is 11.6 Å². The molecule has 0 aliphatic carbocycles. The molecule has 0 atom stereocenters. The Kier molecular flexibility index (Phi) is 9.35. The number of piperidine rings is 1. The van der Waals surface area contributed by atoms with Gasteiger partial charge in [-0.3, -0.25) is 9.79 Å². The van der Waals surface area contributed by atoms with Gasteiger partial charge in [-0.2, -0.15) is 0 Å². The van der Waals surface area contributed by atoms with Gasteiger partial charge in [-0.05, 0) is 62.8 Å². The lowest BCUT2D eigenvalue weighted by Crippen LogP contribution is -2.50. The van der Waals surface area contributed by atoms with Crippen LogP contribution in [-0.2, 0) is 11.2 Å². The van der Waals surface area contributed by atoms with Crippen LogP contribution in [0.3, 0.4) is 0 Å². The number of carbonyl (C=O) groups is 1. The Labute approximate surface area is 173 Å². The monoisotopic (exact) mass is 408 g/mol. The highest BCUT2D eigenvalue weighted by Gasteiger charge is 2.26. The first-order chi connectivity index (χ1) is 14.0. The van der Waals surface area contributed by atoms with E-state index in [0.29, 0.717) is 31.0 Å². The van der Waals surface area contributed by atoms with Crippen LogP contribution in [0.1, 0.15) is 52.0 Å². The Morgan fingerprint density at radius 1 is 1.21 bits per heavy atom. The predicted molar refractivity (Wildman–Crippen MR) is 113 cm³/mol. The number of hydrogen-bond donors (Lipinski definition) is 2.